The summed E-state index contributed by atoms with van der Waals surface area (Å²) >= 11 is 0. The van der Waals surface area contributed by atoms with Crippen LogP contribution in [0.4, 0.5) is 0 Å². The molecule has 12 heavy (non-hydrogen) atoms. The van der Waals surface area contributed by atoms with Gasteiger partial charge in [-0.1, -0.05) is 13.8 Å². The van der Waals surface area contributed by atoms with Crippen LogP contribution in [0, 0.1) is 5.41 Å². The second kappa shape index (κ2) is 3.75. The maximum absolute atomic E-state index is 2.45. The van der Waals surface area contributed by atoms with Crippen molar-refractivity contribution in [1.29, 1.82) is 0 Å². The molecule has 2 heteroatoms. The molecule has 0 spiro atoms. The first-order valence-corrected chi connectivity index (χ1v) is 4.87. The molecule has 1 saturated heterocycles. The summed E-state index contributed by atoms with van der Waals surface area (Å²) in [6.07, 6.45) is 1.31. The Morgan fingerprint density at radius 3 is 1.75 bits per heavy atom. The SMILES string of the molecule is CN1CCCN(C)CC(C)(C)C1. The van der Waals surface area contributed by atoms with E-state index in [0.717, 1.165) is 0 Å². The lowest BCUT2D eigenvalue weighted by Crippen LogP contribution is -2.43. The lowest BCUT2D eigenvalue weighted by molar-refractivity contribution is 0.121. The molecule has 1 aliphatic rings. The molecule has 0 amide bonds. The van der Waals surface area contributed by atoms with E-state index in [-0.39, 0.29) is 0 Å². The Labute approximate surface area is 76.5 Å². The highest BCUT2D eigenvalue weighted by molar-refractivity contribution is 4.78. The van der Waals surface area contributed by atoms with Gasteiger partial charge >= 0.3 is 0 Å². The fraction of sp³-hybridized carbons (Fsp3) is 1.00. The minimum Gasteiger partial charge on any atom is -0.306 e. The second-order valence-corrected chi connectivity index (χ2v) is 4.99. The number of hydrogen-bond donors (Lipinski definition) is 0. The standard InChI is InChI=1S/C10H22N2/c1-10(2)8-11(3)6-5-7-12(4)9-10/h5-9H2,1-4H3. The topological polar surface area (TPSA) is 6.48 Å². The average Bonchev–Trinajstić information content (AvgIpc) is 1.81. The molecule has 0 atom stereocenters. The van der Waals surface area contributed by atoms with Gasteiger partial charge in [-0.3, -0.25) is 0 Å². The molecule has 1 aliphatic heterocycles. The molecule has 0 radical (unpaired) electrons. The van der Waals surface area contributed by atoms with Gasteiger partial charge in [0.15, 0.2) is 0 Å². The van der Waals surface area contributed by atoms with Gasteiger partial charge in [0, 0.05) is 13.1 Å². The van der Waals surface area contributed by atoms with Crippen LogP contribution < -0.4 is 0 Å². The van der Waals surface area contributed by atoms with Gasteiger partial charge in [-0.2, -0.15) is 0 Å². The molecule has 1 heterocycles. The third kappa shape index (κ3) is 3.11. The largest absolute Gasteiger partial charge is 0.306 e. The summed E-state index contributed by atoms with van der Waals surface area (Å²) in [5.74, 6) is 0. The fourth-order valence-electron chi connectivity index (χ4n) is 2.28. The van der Waals surface area contributed by atoms with Crippen molar-refractivity contribution in [3.63, 3.8) is 0 Å². The van der Waals surface area contributed by atoms with Crippen molar-refractivity contribution < 1.29 is 0 Å². The zero-order chi connectivity index (χ0) is 9.19. The van der Waals surface area contributed by atoms with Crippen molar-refractivity contribution in [3.8, 4) is 0 Å². The zero-order valence-corrected chi connectivity index (χ0v) is 8.93. The van der Waals surface area contributed by atoms with Crippen LogP contribution in [0.5, 0.6) is 0 Å². The van der Waals surface area contributed by atoms with E-state index in [9.17, 15) is 0 Å². The van der Waals surface area contributed by atoms with Crippen LogP contribution in [0.2, 0.25) is 0 Å². The molecule has 0 bridgehead atoms. The summed E-state index contributed by atoms with van der Waals surface area (Å²) in [5, 5.41) is 0. The normalized spacial score (nSPS) is 28.0. The van der Waals surface area contributed by atoms with Crippen molar-refractivity contribution >= 4 is 0 Å². The van der Waals surface area contributed by atoms with Gasteiger partial charge in [0.25, 0.3) is 0 Å². The molecular weight excluding hydrogens is 148 g/mol. The molecule has 1 fully saturated rings. The molecule has 72 valence electrons. The number of hydrogen-bond acceptors (Lipinski definition) is 2. The van der Waals surface area contributed by atoms with E-state index in [4.69, 9.17) is 0 Å². The highest BCUT2D eigenvalue weighted by atomic mass is 15.2. The zero-order valence-electron chi connectivity index (χ0n) is 8.93. The molecule has 0 aliphatic carbocycles. The third-order valence-corrected chi connectivity index (χ3v) is 2.48. The van der Waals surface area contributed by atoms with Crippen molar-refractivity contribution in [2.24, 2.45) is 5.41 Å². The van der Waals surface area contributed by atoms with Gasteiger partial charge in [-0.25, -0.2) is 0 Å². The number of rotatable bonds is 0. The van der Waals surface area contributed by atoms with E-state index in [1.165, 1.54) is 32.6 Å². The first-order valence-electron chi connectivity index (χ1n) is 4.87. The van der Waals surface area contributed by atoms with E-state index in [1.54, 1.807) is 0 Å². The maximum atomic E-state index is 2.45. The van der Waals surface area contributed by atoms with Gasteiger partial charge in [0.05, 0.1) is 0 Å². The molecule has 0 aromatic carbocycles. The molecule has 0 unspecified atom stereocenters. The van der Waals surface area contributed by atoms with Crippen LogP contribution in [0.15, 0.2) is 0 Å². The molecule has 0 N–H and O–H groups in total. The predicted octanol–water partition coefficient (Wildman–Crippen LogP) is 1.28. The smallest absolute Gasteiger partial charge is 0.00419 e. The van der Waals surface area contributed by atoms with Gasteiger partial charge in [0.1, 0.15) is 0 Å². The Hall–Kier alpha value is -0.0800. The predicted molar refractivity (Wildman–Crippen MR) is 53.4 cm³/mol. The Morgan fingerprint density at radius 1 is 0.917 bits per heavy atom. The third-order valence-electron chi connectivity index (χ3n) is 2.48. The molecule has 2 nitrogen and oxygen atoms in total. The Morgan fingerprint density at radius 2 is 1.33 bits per heavy atom. The van der Waals surface area contributed by atoms with Gasteiger partial charge in [0.2, 0.25) is 0 Å². The van der Waals surface area contributed by atoms with Gasteiger partial charge < -0.3 is 9.80 Å². The van der Waals surface area contributed by atoms with Crippen LogP contribution in [0.25, 0.3) is 0 Å². The summed E-state index contributed by atoms with van der Waals surface area (Å²) in [5.41, 5.74) is 0.448. The Kier molecular flexibility index (Phi) is 3.13. The highest BCUT2D eigenvalue weighted by Gasteiger charge is 2.23. The fourth-order valence-corrected chi connectivity index (χ4v) is 2.28. The molecule has 0 aromatic rings. The quantitative estimate of drug-likeness (QED) is 0.540. The van der Waals surface area contributed by atoms with E-state index < -0.39 is 0 Å². The van der Waals surface area contributed by atoms with Crippen LogP contribution >= 0.6 is 0 Å². The molecule has 0 aromatic heterocycles. The highest BCUT2D eigenvalue weighted by Crippen LogP contribution is 2.19. The Balaban J connectivity index is 2.51. The molecular formula is C10H22N2. The lowest BCUT2D eigenvalue weighted by Gasteiger charge is -2.36. The van der Waals surface area contributed by atoms with Crippen LogP contribution in [0.3, 0.4) is 0 Å². The first kappa shape index (κ1) is 10.0. The van der Waals surface area contributed by atoms with E-state index in [0.29, 0.717) is 5.41 Å². The van der Waals surface area contributed by atoms with Crippen LogP contribution in [-0.2, 0) is 0 Å². The second-order valence-electron chi connectivity index (χ2n) is 4.99. The Bertz CT molecular complexity index is 129. The van der Waals surface area contributed by atoms with Crippen molar-refractivity contribution in [2.45, 2.75) is 20.3 Å². The average molecular weight is 170 g/mol. The summed E-state index contributed by atoms with van der Waals surface area (Å²) in [7, 11) is 4.46. The monoisotopic (exact) mass is 170 g/mol. The number of nitrogens with zero attached hydrogens (tertiary/aromatic N) is 2. The minimum atomic E-state index is 0.448. The first-order chi connectivity index (χ1) is 5.49. The van der Waals surface area contributed by atoms with Crippen molar-refractivity contribution in [1.82, 2.24) is 9.80 Å². The van der Waals surface area contributed by atoms with Crippen molar-refractivity contribution in [2.75, 3.05) is 40.3 Å². The molecule has 1 rings (SSSR count). The summed E-state index contributed by atoms with van der Waals surface area (Å²) in [6.45, 7) is 9.63. The summed E-state index contributed by atoms with van der Waals surface area (Å²) < 4.78 is 0. The summed E-state index contributed by atoms with van der Waals surface area (Å²) in [4.78, 5) is 4.90. The van der Waals surface area contributed by atoms with Gasteiger partial charge in [-0.05, 0) is 39.0 Å². The maximum Gasteiger partial charge on any atom is 0.00419 e. The van der Waals surface area contributed by atoms with Crippen LogP contribution in [-0.4, -0.2) is 50.1 Å². The van der Waals surface area contributed by atoms with Gasteiger partial charge in [-0.15, -0.1) is 0 Å². The lowest BCUT2D eigenvalue weighted by atomic mass is 9.91. The van der Waals surface area contributed by atoms with Crippen molar-refractivity contribution in [3.05, 3.63) is 0 Å². The van der Waals surface area contributed by atoms with E-state index in [1.807, 2.05) is 0 Å². The summed E-state index contributed by atoms with van der Waals surface area (Å²) in [6, 6.07) is 0. The van der Waals surface area contributed by atoms with Crippen LogP contribution in [0.1, 0.15) is 20.3 Å². The van der Waals surface area contributed by atoms with E-state index in [2.05, 4.69) is 37.7 Å². The van der Waals surface area contributed by atoms with E-state index >= 15 is 0 Å². The minimum absolute atomic E-state index is 0.448. The molecule has 0 saturated carbocycles.